The third-order valence-corrected chi connectivity index (χ3v) is 11.9. The quantitative estimate of drug-likeness (QED) is 0.0476. The highest BCUT2D eigenvalue weighted by molar-refractivity contribution is 5.78. The Hall–Kier alpha value is -1.42. The van der Waals surface area contributed by atoms with E-state index in [2.05, 4.69) is 43.5 Å². The van der Waals surface area contributed by atoms with Crippen LogP contribution in [0.25, 0.3) is 0 Å². The second kappa shape index (κ2) is 48.9. The molecule has 0 aliphatic rings. The van der Waals surface area contributed by atoms with Crippen molar-refractivity contribution >= 4 is 11.7 Å². The third-order valence-electron chi connectivity index (χ3n) is 11.9. The monoisotopic (exact) mass is 800 g/mol. The van der Waals surface area contributed by atoms with Crippen LogP contribution in [0.1, 0.15) is 290 Å². The number of unbranched alkanes of at least 4 members (excludes halogenated alkanes) is 34. The zero-order valence-electron chi connectivity index (χ0n) is 38.8. The Balaban J connectivity index is 3.32. The van der Waals surface area contributed by atoms with Gasteiger partial charge in [-0.25, -0.2) is 0 Å². The molecule has 0 rings (SSSR count). The molecule has 1 atom stereocenters. The van der Waals surface area contributed by atoms with Crippen molar-refractivity contribution in [2.24, 2.45) is 0 Å². The molecule has 0 bridgehead atoms. The van der Waals surface area contributed by atoms with Crippen LogP contribution >= 0.6 is 0 Å². The first-order valence-corrected chi connectivity index (χ1v) is 25.9. The van der Waals surface area contributed by atoms with Crippen molar-refractivity contribution in [3.8, 4) is 0 Å². The molecule has 336 valence electrons. The molecule has 0 spiro atoms. The van der Waals surface area contributed by atoms with E-state index in [1.165, 1.54) is 212 Å². The van der Waals surface area contributed by atoms with E-state index in [4.69, 9.17) is 0 Å². The highest BCUT2D eigenvalue weighted by Gasteiger charge is 2.07. The average Bonchev–Trinajstić information content (AvgIpc) is 3.21. The Morgan fingerprint density at radius 1 is 0.404 bits per heavy atom. The molecule has 1 amide bonds. The highest BCUT2D eigenvalue weighted by Crippen LogP contribution is 2.16. The first-order valence-electron chi connectivity index (χ1n) is 25.9. The molecule has 0 fully saturated rings. The van der Waals surface area contributed by atoms with Gasteiger partial charge in [0.1, 0.15) is 5.78 Å². The van der Waals surface area contributed by atoms with Gasteiger partial charge in [-0.3, -0.25) is 9.59 Å². The summed E-state index contributed by atoms with van der Waals surface area (Å²) in [7, 11) is 0. The van der Waals surface area contributed by atoms with Gasteiger partial charge in [-0.15, -0.1) is 0 Å². The van der Waals surface area contributed by atoms with Crippen LogP contribution in [-0.2, 0) is 9.59 Å². The van der Waals surface area contributed by atoms with Crippen LogP contribution in [-0.4, -0.2) is 29.4 Å². The Morgan fingerprint density at radius 3 is 1.14 bits per heavy atom. The van der Waals surface area contributed by atoms with Gasteiger partial charge < -0.3 is 10.4 Å². The van der Waals surface area contributed by atoms with Crippen molar-refractivity contribution in [3.63, 3.8) is 0 Å². The molecule has 0 saturated carbocycles. The lowest BCUT2D eigenvalue weighted by molar-refractivity contribution is -0.121. The van der Waals surface area contributed by atoms with E-state index in [1.54, 1.807) is 0 Å². The fourth-order valence-corrected chi connectivity index (χ4v) is 7.98. The molecule has 2 N–H and O–H groups in total. The van der Waals surface area contributed by atoms with Gasteiger partial charge in [0.15, 0.2) is 0 Å². The number of carbonyl (C=O) groups excluding carboxylic acids is 2. The molecular formula is C53H101NO3. The molecule has 0 aromatic rings. The maximum absolute atomic E-state index is 12.2. The van der Waals surface area contributed by atoms with Crippen molar-refractivity contribution in [1.82, 2.24) is 5.32 Å². The second-order valence-electron chi connectivity index (χ2n) is 17.8. The summed E-state index contributed by atoms with van der Waals surface area (Å²) < 4.78 is 0. The molecule has 57 heavy (non-hydrogen) atoms. The van der Waals surface area contributed by atoms with Gasteiger partial charge in [0, 0.05) is 25.8 Å². The molecule has 0 aromatic heterocycles. The second-order valence-corrected chi connectivity index (χ2v) is 17.8. The first-order chi connectivity index (χ1) is 28.1. The summed E-state index contributed by atoms with van der Waals surface area (Å²) in [6.45, 7) is 4.95. The molecule has 0 heterocycles. The van der Waals surface area contributed by atoms with Crippen LogP contribution in [0.15, 0.2) is 24.3 Å². The fourth-order valence-electron chi connectivity index (χ4n) is 7.98. The summed E-state index contributed by atoms with van der Waals surface area (Å²) in [4.78, 5) is 24.4. The fraction of sp³-hybridized carbons (Fsp3) is 0.887. The Morgan fingerprint density at radius 2 is 0.719 bits per heavy atom. The number of hydrogen-bond acceptors (Lipinski definition) is 3. The van der Waals surface area contributed by atoms with Crippen molar-refractivity contribution in [1.29, 1.82) is 0 Å². The van der Waals surface area contributed by atoms with Crippen molar-refractivity contribution in [3.05, 3.63) is 24.3 Å². The van der Waals surface area contributed by atoms with E-state index in [1.807, 2.05) is 0 Å². The summed E-state index contributed by atoms with van der Waals surface area (Å²) in [6.07, 6.45) is 62.0. The Bertz CT molecular complexity index is 866. The van der Waals surface area contributed by atoms with Crippen LogP contribution in [0, 0.1) is 0 Å². The predicted octanol–water partition coefficient (Wildman–Crippen LogP) is 17.0. The average molecular weight is 800 g/mol. The molecular weight excluding hydrogens is 699 g/mol. The molecule has 0 saturated heterocycles. The van der Waals surface area contributed by atoms with E-state index < -0.39 is 6.10 Å². The molecule has 0 unspecified atom stereocenters. The number of aliphatic hydroxyl groups excluding tert-OH is 1. The Kier molecular flexibility index (Phi) is 47.7. The lowest BCUT2D eigenvalue weighted by atomic mass is 10.0. The van der Waals surface area contributed by atoms with Crippen molar-refractivity contribution < 1.29 is 14.7 Å². The molecule has 0 aliphatic carbocycles. The van der Waals surface area contributed by atoms with Crippen LogP contribution < -0.4 is 5.32 Å². The maximum atomic E-state index is 12.2. The van der Waals surface area contributed by atoms with Gasteiger partial charge in [0.25, 0.3) is 0 Å². The lowest BCUT2D eigenvalue weighted by Crippen LogP contribution is -2.31. The van der Waals surface area contributed by atoms with E-state index in [9.17, 15) is 14.7 Å². The lowest BCUT2D eigenvalue weighted by Gasteiger charge is -2.12. The standard InChI is InChI=1S/C53H101NO3/c1-3-5-7-9-11-13-15-17-19-21-23-28-32-36-40-44-48-52(56)50-54-53(57)49-45-41-37-33-29-25-24-27-31-35-39-43-47-51(55)46-42-38-34-30-26-22-20-18-16-14-12-10-8-6-4-2/h12,14,18,20,52,56H,3-11,13,15-17,19,21-50H2,1-2H3,(H,54,57)/b14-12-,20-18-/t52-/m1/s1. The molecule has 0 aliphatic heterocycles. The smallest absolute Gasteiger partial charge is 0.220 e. The van der Waals surface area contributed by atoms with E-state index in [0.29, 0.717) is 18.7 Å². The normalized spacial score (nSPS) is 12.3. The number of allylic oxidation sites excluding steroid dienone is 4. The predicted molar refractivity (Wildman–Crippen MR) is 252 cm³/mol. The number of aliphatic hydroxyl groups is 1. The number of rotatable bonds is 48. The number of amides is 1. The van der Waals surface area contributed by atoms with Crippen molar-refractivity contribution in [2.75, 3.05) is 6.54 Å². The topological polar surface area (TPSA) is 66.4 Å². The maximum Gasteiger partial charge on any atom is 0.220 e. The summed E-state index contributed by atoms with van der Waals surface area (Å²) >= 11 is 0. The summed E-state index contributed by atoms with van der Waals surface area (Å²) in [5, 5.41) is 13.2. The van der Waals surface area contributed by atoms with E-state index >= 15 is 0 Å². The van der Waals surface area contributed by atoms with Crippen molar-refractivity contribution in [2.45, 2.75) is 296 Å². The third kappa shape index (κ3) is 48.8. The first kappa shape index (κ1) is 55.6. The van der Waals surface area contributed by atoms with Crippen LogP contribution in [0.4, 0.5) is 0 Å². The molecule has 4 nitrogen and oxygen atoms in total. The zero-order valence-corrected chi connectivity index (χ0v) is 38.8. The molecule has 0 aromatic carbocycles. The minimum Gasteiger partial charge on any atom is -0.391 e. The summed E-state index contributed by atoms with van der Waals surface area (Å²) in [6, 6.07) is 0. The van der Waals surface area contributed by atoms with Gasteiger partial charge >= 0.3 is 0 Å². The highest BCUT2D eigenvalue weighted by atomic mass is 16.3. The largest absolute Gasteiger partial charge is 0.391 e. The van der Waals surface area contributed by atoms with Gasteiger partial charge in [-0.2, -0.15) is 0 Å². The molecule has 4 heteroatoms. The Labute approximate surface area is 357 Å². The van der Waals surface area contributed by atoms with Gasteiger partial charge in [-0.1, -0.05) is 237 Å². The summed E-state index contributed by atoms with van der Waals surface area (Å²) in [5.41, 5.74) is 0. The number of Topliss-reactive ketones (excluding diaryl/α,β-unsaturated/α-hetero) is 1. The van der Waals surface area contributed by atoms with Gasteiger partial charge in [0.2, 0.25) is 5.91 Å². The number of nitrogens with one attached hydrogen (secondary N) is 1. The van der Waals surface area contributed by atoms with Gasteiger partial charge in [-0.05, 0) is 57.8 Å². The van der Waals surface area contributed by atoms with Crippen LogP contribution in [0.5, 0.6) is 0 Å². The van der Waals surface area contributed by atoms with E-state index in [0.717, 1.165) is 57.8 Å². The summed E-state index contributed by atoms with van der Waals surface area (Å²) in [5.74, 6) is 0.582. The van der Waals surface area contributed by atoms with Crippen LogP contribution in [0.3, 0.4) is 0 Å². The minimum atomic E-state index is -0.402. The minimum absolute atomic E-state index is 0.0994. The molecule has 0 radical (unpaired) electrons. The van der Waals surface area contributed by atoms with E-state index in [-0.39, 0.29) is 5.91 Å². The number of ketones is 1. The van der Waals surface area contributed by atoms with Crippen LogP contribution in [0.2, 0.25) is 0 Å². The number of carbonyl (C=O) groups is 2. The van der Waals surface area contributed by atoms with Gasteiger partial charge in [0.05, 0.1) is 6.10 Å². The zero-order chi connectivity index (χ0) is 41.4. The number of hydrogen-bond donors (Lipinski definition) is 2. The SMILES string of the molecule is CCCCC/C=C\C/C=C\CCCCCCCC(=O)CCCCCCCCCCCCCCC(=O)NC[C@H](O)CCCCCCCCCCCCCCCCCC.